The third-order valence-electron chi connectivity index (χ3n) is 5.69. The molecule has 2 aliphatic carbocycles. The van der Waals surface area contributed by atoms with Crippen LogP contribution in [0.2, 0.25) is 0 Å². The molecule has 2 nitrogen and oxygen atoms in total. The molecule has 2 fully saturated rings. The SMILES string of the molecule is CCCN(C1CCC(N)CC1)C1CC(C)(C)CC(C)(C)C1. The van der Waals surface area contributed by atoms with Gasteiger partial charge in [-0.15, -0.1) is 0 Å². The van der Waals surface area contributed by atoms with Crippen LogP contribution in [0.25, 0.3) is 0 Å². The first kappa shape index (κ1) is 17.3. The zero-order valence-corrected chi connectivity index (χ0v) is 15.1. The van der Waals surface area contributed by atoms with E-state index < -0.39 is 0 Å². The Morgan fingerprint density at radius 3 is 1.90 bits per heavy atom. The van der Waals surface area contributed by atoms with E-state index in [0.717, 1.165) is 12.1 Å². The zero-order chi connectivity index (χ0) is 15.7. The Bertz CT molecular complexity index is 310. The first-order valence-electron chi connectivity index (χ1n) is 9.24. The summed E-state index contributed by atoms with van der Waals surface area (Å²) < 4.78 is 0. The van der Waals surface area contributed by atoms with Crippen molar-refractivity contribution in [1.82, 2.24) is 4.90 Å². The predicted octanol–water partition coefficient (Wildman–Crippen LogP) is 4.57. The number of rotatable bonds is 4. The van der Waals surface area contributed by atoms with Gasteiger partial charge in [0, 0.05) is 18.1 Å². The molecule has 124 valence electrons. The van der Waals surface area contributed by atoms with Crippen LogP contribution < -0.4 is 5.73 Å². The van der Waals surface area contributed by atoms with E-state index in [-0.39, 0.29) is 0 Å². The minimum absolute atomic E-state index is 0.462. The lowest BCUT2D eigenvalue weighted by atomic mass is 9.63. The second-order valence-corrected chi connectivity index (χ2v) is 9.37. The van der Waals surface area contributed by atoms with Crippen LogP contribution in [0.15, 0.2) is 0 Å². The summed E-state index contributed by atoms with van der Waals surface area (Å²) in [4.78, 5) is 2.88. The number of nitrogens with two attached hydrogens (primary N) is 1. The fourth-order valence-electron chi connectivity index (χ4n) is 5.38. The average molecular weight is 295 g/mol. The second-order valence-electron chi connectivity index (χ2n) is 9.37. The van der Waals surface area contributed by atoms with Crippen LogP contribution in [0.5, 0.6) is 0 Å². The van der Waals surface area contributed by atoms with Crippen LogP contribution in [0.1, 0.15) is 86.0 Å². The van der Waals surface area contributed by atoms with Crippen LogP contribution in [-0.2, 0) is 0 Å². The van der Waals surface area contributed by atoms with Gasteiger partial charge in [0.2, 0.25) is 0 Å². The summed E-state index contributed by atoms with van der Waals surface area (Å²) in [7, 11) is 0. The summed E-state index contributed by atoms with van der Waals surface area (Å²) in [5, 5.41) is 0. The topological polar surface area (TPSA) is 29.3 Å². The van der Waals surface area contributed by atoms with E-state index in [1.165, 1.54) is 57.9 Å². The summed E-state index contributed by atoms with van der Waals surface area (Å²) in [5.74, 6) is 0. The van der Waals surface area contributed by atoms with E-state index >= 15 is 0 Å². The second kappa shape index (κ2) is 6.58. The van der Waals surface area contributed by atoms with Crippen molar-refractivity contribution in [2.24, 2.45) is 16.6 Å². The van der Waals surface area contributed by atoms with Crippen LogP contribution in [0.4, 0.5) is 0 Å². The maximum atomic E-state index is 6.12. The Labute approximate surface area is 132 Å². The van der Waals surface area contributed by atoms with Gasteiger partial charge in [0.25, 0.3) is 0 Å². The molecule has 0 atom stereocenters. The highest BCUT2D eigenvalue weighted by atomic mass is 15.2. The van der Waals surface area contributed by atoms with E-state index in [0.29, 0.717) is 16.9 Å². The molecule has 0 spiro atoms. The van der Waals surface area contributed by atoms with Crippen LogP contribution in [0, 0.1) is 10.8 Å². The van der Waals surface area contributed by atoms with Crippen molar-refractivity contribution >= 4 is 0 Å². The summed E-state index contributed by atoms with van der Waals surface area (Å²) in [6.45, 7) is 13.5. The standard InChI is InChI=1S/C19H38N2/c1-6-11-21(16-9-7-15(20)8-10-16)17-12-18(2,3)14-19(4,5)13-17/h15-17H,6-14,20H2,1-5H3. The average Bonchev–Trinajstić information content (AvgIpc) is 2.33. The van der Waals surface area contributed by atoms with E-state index in [9.17, 15) is 0 Å². The van der Waals surface area contributed by atoms with Crippen molar-refractivity contribution in [1.29, 1.82) is 0 Å². The Hall–Kier alpha value is -0.0800. The van der Waals surface area contributed by atoms with Crippen molar-refractivity contribution in [3.8, 4) is 0 Å². The number of hydrogen-bond donors (Lipinski definition) is 1. The molecule has 2 aliphatic rings. The van der Waals surface area contributed by atoms with Crippen LogP contribution in [0.3, 0.4) is 0 Å². The predicted molar refractivity (Wildman–Crippen MR) is 92.4 cm³/mol. The smallest absolute Gasteiger partial charge is 0.0108 e. The fraction of sp³-hybridized carbons (Fsp3) is 1.00. The van der Waals surface area contributed by atoms with E-state index in [1.54, 1.807) is 0 Å². The van der Waals surface area contributed by atoms with Gasteiger partial charge in [0.1, 0.15) is 0 Å². The van der Waals surface area contributed by atoms with Gasteiger partial charge in [-0.1, -0.05) is 34.6 Å². The molecule has 0 heterocycles. The van der Waals surface area contributed by atoms with E-state index in [1.807, 2.05) is 0 Å². The van der Waals surface area contributed by atoms with Gasteiger partial charge in [0.05, 0.1) is 0 Å². The molecule has 2 rings (SSSR count). The molecule has 0 aliphatic heterocycles. The molecule has 0 aromatic rings. The quantitative estimate of drug-likeness (QED) is 0.822. The summed E-state index contributed by atoms with van der Waals surface area (Å²) >= 11 is 0. The molecule has 0 radical (unpaired) electrons. The number of nitrogens with zero attached hydrogens (tertiary/aromatic N) is 1. The van der Waals surface area contributed by atoms with Gasteiger partial charge < -0.3 is 5.73 Å². The maximum Gasteiger partial charge on any atom is 0.0108 e. The lowest BCUT2D eigenvalue weighted by Gasteiger charge is -2.51. The Morgan fingerprint density at radius 1 is 0.905 bits per heavy atom. The first-order chi connectivity index (χ1) is 9.72. The molecule has 0 bridgehead atoms. The van der Waals surface area contributed by atoms with Gasteiger partial charge in [-0.3, -0.25) is 4.90 Å². The lowest BCUT2D eigenvalue weighted by Crippen LogP contribution is -2.52. The highest BCUT2D eigenvalue weighted by Gasteiger charge is 2.42. The minimum Gasteiger partial charge on any atom is -0.328 e. The van der Waals surface area contributed by atoms with Crippen molar-refractivity contribution in [2.45, 2.75) is 104 Å². The third-order valence-corrected chi connectivity index (χ3v) is 5.69. The Kier molecular flexibility index (Phi) is 5.41. The van der Waals surface area contributed by atoms with Crippen molar-refractivity contribution in [2.75, 3.05) is 6.54 Å². The number of hydrogen-bond acceptors (Lipinski definition) is 2. The molecular formula is C19H38N2. The molecule has 2 saturated carbocycles. The molecule has 2 N–H and O–H groups in total. The molecule has 0 unspecified atom stereocenters. The molecule has 21 heavy (non-hydrogen) atoms. The van der Waals surface area contributed by atoms with Gasteiger partial charge in [-0.2, -0.15) is 0 Å². The molecule has 2 heteroatoms. The van der Waals surface area contributed by atoms with Crippen LogP contribution >= 0.6 is 0 Å². The maximum absolute atomic E-state index is 6.12. The van der Waals surface area contributed by atoms with E-state index in [4.69, 9.17) is 5.73 Å². The zero-order valence-electron chi connectivity index (χ0n) is 15.1. The molecule has 0 amide bonds. The summed E-state index contributed by atoms with van der Waals surface area (Å²) in [5.41, 5.74) is 7.10. The van der Waals surface area contributed by atoms with Crippen LogP contribution in [-0.4, -0.2) is 29.6 Å². The summed E-state index contributed by atoms with van der Waals surface area (Å²) in [6.07, 6.45) is 10.5. The van der Waals surface area contributed by atoms with Gasteiger partial charge in [-0.05, 0) is 68.7 Å². The van der Waals surface area contributed by atoms with Crippen molar-refractivity contribution in [3.63, 3.8) is 0 Å². The Morgan fingerprint density at radius 2 is 1.43 bits per heavy atom. The molecule has 0 aromatic carbocycles. The van der Waals surface area contributed by atoms with Gasteiger partial charge >= 0.3 is 0 Å². The molecule has 0 aromatic heterocycles. The van der Waals surface area contributed by atoms with E-state index in [2.05, 4.69) is 39.5 Å². The monoisotopic (exact) mass is 294 g/mol. The van der Waals surface area contributed by atoms with Gasteiger partial charge in [0.15, 0.2) is 0 Å². The highest BCUT2D eigenvalue weighted by Crippen LogP contribution is 2.48. The minimum atomic E-state index is 0.462. The fourth-order valence-corrected chi connectivity index (χ4v) is 5.38. The normalized spacial score (nSPS) is 33.3. The highest BCUT2D eigenvalue weighted by molar-refractivity contribution is 4.95. The summed E-state index contributed by atoms with van der Waals surface area (Å²) in [6, 6.07) is 2.03. The lowest BCUT2D eigenvalue weighted by molar-refractivity contribution is -0.00454. The molecule has 0 saturated heterocycles. The van der Waals surface area contributed by atoms with Gasteiger partial charge in [-0.25, -0.2) is 0 Å². The Balaban J connectivity index is 2.09. The first-order valence-corrected chi connectivity index (χ1v) is 9.24. The largest absolute Gasteiger partial charge is 0.328 e. The third kappa shape index (κ3) is 4.69. The molecular weight excluding hydrogens is 256 g/mol. The van der Waals surface area contributed by atoms with Crippen molar-refractivity contribution in [3.05, 3.63) is 0 Å². The van der Waals surface area contributed by atoms with Crippen molar-refractivity contribution < 1.29 is 0 Å².